The summed E-state index contributed by atoms with van der Waals surface area (Å²) in [6.07, 6.45) is 2.38. The summed E-state index contributed by atoms with van der Waals surface area (Å²) >= 11 is 6.18. The van der Waals surface area contributed by atoms with E-state index in [0.717, 1.165) is 16.9 Å². The van der Waals surface area contributed by atoms with Crippen molar-refractivity contribution >= 4 is 11.6 Å². The minimum atomic E-state index is -0.0171. The van der Waals surface area contributed by atoms with Gasteiger partial charge in [0.15, 0.2) is 0 Å². The zero-order valence-corrected chi connectivity index (χ0v) is 12.9. The van der Waals surface area contributed by atoms with Gasteiger partial charge in [-0.2, -0.15) is 5.10 Å². The molecule has 1 aromatic heterocycles. The SMILES string of the molecule is Cc1c(Cl)cccc1-n1nc(CNC2CC2)c(=O)cc1C. The van der Waals surface area contributed by atoms with Crippen molar-refractivity contribution in [1.82, 2.24) is 15.1 Å². The average Bonchev–Trinajstić information content (AvgIpc) is 3.26. The third-order valence-corrected chi connectivity index (χ3v) is 4.19. The molecule has 1 fully saturated rings. The minimum Gasteiger partial charge on any atom is -0.308 e. The fraction of sp³-hybridized carbons (Fsp3) is 0.375. The highest BCUT2D eigenvalue weighted by atomic mass is 35.5. The Balaban J connectivity index is 2.02. The molecule has 1 heterocycles. The van der Waals surface area contributed by atoms with E-state index in [9.17, 15) is 4.79 Å². The van der Waals surface area contributed by atoms with E-state index in [1.54, 1.807) is 10.7 Å². The highest BCUT2D eigenvalue weighted by Crippen LogP contribution is 2.22. The number of nitrogens with zero attached hydrogens (tertiary/aromatic N) is 2. The van der Waals surface area contributed by atoms with Crippen molar-refractivity contribution in [2.45, 2.75) is 39.3 Å². The van der Waals surface area contributed by atoms with E-state index < -0.39 is 0 Å². The number of aromatic nitrogens is 2. The first-order chi connectivity index (χ1) is 10.1. The number of nitrogens with one attached hydrogen (secondary N) is 1. The maximum Gasteiger partial charge on any atom is 0.204 e. The Bertz CT molecular complexity index is 735. The fourth-order valence-electron chi connectivity index (χ4n) is 2.30. The molecular formula is C16H18ClN3O. The summed E-state index contributed by atoms with van der Waals surface area (Å²) in [4.78, 5) is 12.1. The van der Waals surface area contributed by atoms with Crippen LogP contribution in [0, 0.1) is 13.8 Å². The van der Waals surface area contributed by atoms with Gasteiger partial charge in [-0.25, -0.2) is 4.68 Å². The van der Waals surface area contributed by atoms with Gasteiger partial charge in [0.1, 0.15) is 5.69 Å². The molecule has 0 atom stereocenters. The van der Waals surface area contributed by atoms with Gasteiger partial charge in [0.25, 0.3) is 0 Å². The van der Waals surface area contributed by atoms with Gasteiger partial charge in [0.2, 0.25) is 5.43 Å². The lowest BCUT2D eigenvalue weighted by Gasteiger charge is -2.14. The maximum atomic E-state index is 12.1. The molecule has 0 amide bonds. The normalized spacial score (nSPS) is 14.4. The van der Waals surface area contributed by atoms with E-state index >= 15 is 0 Å². The van der Waals surface area contributed by atoms with Crippen LogP contribution in [0.2, 0.25) is 5.02 Å². The van der Waals surface area contributed by atoms with Crippen molar-refractivity contribution in [3.05, 3.63) is 56.5 Å². The van der Waals surface area contributed by atoms with Crippen molar-refractivity contribution < 1.29 is 0 Å². The Labute approximate surface area is 128 Å². The van der Waals surface area contributed by atoms with E-state index in [1.807, 2.05) is 32.0 Å². The molecule has 0 aliphatic heterocycles. The molecule has 0 saturated heterocycles. The Morgan fingerprint density at radius 2 is 2.14 bits per heavy atom. The maximum absolute atomic E-state index is 12.1. The topological polar surface area (TPSA) is 46.9 Å². The summed E-state index contributed by atoms with van der Waals surface area (Å²) in [5.41, 5.74) is 3.20. The summed E-state index contributed by atoms with van der Waals surface area (Å²) in [6, 6.07) is 7.90. The first-order valence-corrected chi connectivity index (χ1v) is 7.53. The van der Waals surface area contributed by atoms with Crippen molar-refractivity contribution in [2.75, 3.05) is 0 Å². The predicted molar refractivity (Wildman–Crippen MR) is 84.2 cm³/mol. The minimum absolute atomic E-state index is 0.0171. The number of hydrogen-bond acceptors (Lipinski definition) is 3. The van der Waals surface area contributed by atoms with E-state index in [-0.39, 0.29) is 5.43 Å². The fourth-order valence-corrected chi connectivity index (χ4v) is 2.47. The van der Waals surface area contributed by atoms with Crippen LogP contribution in [-0.2, 0) is 6.54 Å². The summed E-state index contributed by atoms with van der Waals surface area (Å²) in [5, 5.41) is 8.56. The molecule has 2 aromatic rings. The second-order valence-electron chi connectivity index (χ2n) is 5.55. The molecule has 0 bridgehead atoms. The summed E-state index contributed by atoms with van der Waals surface area (Å²) in [7, 11) is 0. The predicted octanol–water partition coefficient (Wildman–Crippen LogP) is 2.75. The molecule has 1 N–H and O–H groups in total. The van der Waals surface area contributed by atoms with Crippen LogP contribution in [0.5, 0.6) is 0 Å². The Morgan fingerprint density at radius 1 is 1.38 bits per heavy atom. The first kappa shape index (κ1) is 14.3. The zero-order valence-electron chi connectivity index (χ0n) is 12.2. The van der Waals surface area contributed by atoms with Gasteiger partial charge < -0.3 is 5.32 Å². The van der Waals surface area contributed by atoms with E-state index in [4.69, 9.17) is 11.6 Å². The van der Waals surface area contributed by atoms with Crippen LogP contribution in [-0.4, -0.2) is 15.8 Å². The summed E-state index contributed by atoms with van der Waals surface area (Å²) in [6.45, 7) is 4.36. The molecule has 3 rings (SSSR count). The van der Waals surface area contributed by atoms with Gasteiger partial charge in [-0.15, -0.1) is 0 Å². The lowest BCUT2D eigenvalue weighted by molar-refractivity contribution is 0.641. The summed E-state index contributed by atoms with van der Waals surface area (Å²) < 4.78 is 1.80. The van der Waals surface area contributed by atoms with Crippen molar-refractivity contribution in [3.8, 4) is 5.69 Å². The smallest absolute Gasteiger partial charge is 0.204 e. The standard InChI is InChI=1S/C16H18ClN3O/c1-10-8-16(21)14(9-18-12-6-7-12)19-20(10)15-5-3-4-13(17)11(15)2/h3-5,8,12,18H,6-7,9H2,1-2H3. The lowest BCUT2D eigenvalue weighted by Crippen LogP contribution is -2.25. The van der Waals surface area contributed by atoms with Crippen molar-refractivity contribution in [1.29, 1.82) is 0 Å². The molecule has 0 spiro atoms. The quantitative estimate of drug-likeness (QED) is 0.945. The molecule has 21 heavy (non-hydrogen) atoms. The van der Waals surface area contributed by atoms with Gasteiger partial charge >= 0.3 is 0 Å². The molecule has 1 saturated carbocycles. The van der Waals surface area contributed by atoms with Gasteiger partial charge in [-0.05, 0) is 44.4 Å². The van der Waals surface area contributed by atoms with E-state index in [2.05, 4.69) is 10.4 Å². The van der Waals surface area contributed by atoms with Gasteiger partial charge in [-0.1, -0.05) is 17.7 Å². The van der Waals surface area contributed by atoms with Crippen LogP contribution >= 0.6 is 11.6 Å². The molecule has 110 valence electrons. The third-order valence-electron chi connectivity index (χ3n) is 3.78. The van der Waals surface area contributed by atoms with Crippen LogP contribution < -0.4 is 10.7 Å². The Morgan fingerprint density at radius 3 is 2.86 bits per heavy atom. The second kappa shape index (κ2) is 5.62. The number of aryl methyl sites for hydroxylation is 1. The van der Waals surface area contributed by atoms with E-state index in [1.165, 1.54) is 12.8 Å². The molecule has 5 heteroatoms. The van der Waals surface area contributed by atoms with Crippen LogP contribution in [0.15, 0.2) is 29.1 Å². The molecule has 1 aliphatic carbocycles. The highest BCUT2D eigenvalue weighted by molar-refractivity contribution is 6.31. The van der Waals surface area contributed by atoms with Crippen LogP contribution in [0.1, 0.15) is 29.8 Å². The highest BCUT2D eigenvalue weighted by Gasteiger charge is 2.21. The largest absolute Gasteiger partial charge is 0.308 e. The molecule has 0 unspecified atom stereocenters. The number of benzene rings is 1. The molecule has 4 nitrogen and oxygen atoms in total. The van der Waals surface area contributed by atoms with Crippen LogP contribution in [0.4, 0.5) is 0 Å². The monoisotopic (exact) mass is 303 g/mol. The second-order valence-corrected chi connectivity index (χ2v) is 5.95. The third kappa shape index (κ3) is 3.01. The molecule has 0 radical (unpaired) electrons. The summed E-state index contributed by atoms with van der Waals surface area (Å²) in [5.74, 6) is 0. The Hall–Kier alpha value is -1.65. The van der Waals surface area contributed by atoms with Gasteiger partial charge in [0.05, 0.1) is 5.69 Å². The van der Waals surface area contributed by atoms with Crippen molar-refractivity contribution in [3.63, 3.8) is 0 Å². The Kier molecular flexibility index (Phi) is 3.83. The van der Waals surface area contributed by atoms with Gasteiger partial charge in [-0.3, -0.25) is 4.79 Å². The lowest BCUT2D eigenvalue weighted by atomic mass is 10.2. The van der Waals surface area contributed by atoms with Gasteiger partial charge in [0, 0.05) is 29.4 Å². The number of rotatable bonds is 4. The molecule has 1 aliphatic rings. The average molecular weight is 304 g/mol. The molecule has 1 aromatic carbocycles. The van der Waals surface area contributed by atoms with Crippen LogP contribution in [0.3, 0.4) is 0 Å². The first-order valence-electron chi connectivity index (χ1n) is 7.15. The number of halogens is 1. The van der Waals surface area contributed by atoms with E-state index in [0.29, 0.717) is 23.3 Å². The van der Waals surface area contributed by atoms with Crippen molar-refractivity contribution in [2.24, 2.45) is 0 Å². The number of hydrogen-bond donors (Lipinski definition) is 1. The van der Waals surface area contributed by atoms with Crippen LogP contribution in [0.25, 0.3) is 5.69 Å². The molecular weight excluding hydrogens is 286 g/mol. The zero-order chi connectivity index (χ0) is 15.0.